The molecule has 0 aliphatic carbocycles. The van der Waals surface area contributed by atoms with Gasteiger partial charge in [0.25, 0.3) is 5.91 Å². The monoisotopic (exact) mass is 341 g/mol. The number of benzene rings is 2. The van der Waals surface area contributed by atoms with Crippen LogP contribution in [0, 0.1) is 0 Å². The molecule has 2 rings (SSSR count). The van der Waals surface area contributed by atoms with Crippen molar-refractivity contribution in [2.24, 2.45) is 0 Å². The fourth-order valence-electron chi connectivity index (χ4n) is 2.02. The number of carbonyl (C=O) groups is 2. The molecule has 0 spiro atoms. The number of para-hydroxylation sites is 1. The lowest BCUT2D eigenvalue weighted by Crippen LogP contribution is -2.36. The van der Waals surface area contributed by atoms with Crippen LogP contribution in [0.4, 0.5) is 0 Å². The van der Waals surface area contributed by atoms with Gasteiger partial charge in [0.2, 0.25) is 0 Å². The average molecular weight is 341 g/mol. The number of rotatable bonds is 7. The van der Waals surface area contributed by atoms with E-state index in [1.54, 1.807) is 19.2 Å². The average Bonchev–Trinajstić information content (AvgIpc) is 2.64. The lowest BCUT2D eigenvalue weighted by Gasteiger charge is -2.21. The number of hydrogen-bond donors (Lipinski definition) is 0. The molecule has 0 fully saturated rings. The van der Waals surface area contributed by atoms with Crippen LogP contribution in [-0.2, 0) is 16.1 Å². The number of likely N-dealkylation sites (N-methyl/N-ethyl adjacent to an activating group) is 1. The summed E-state index contributed by atoms with van der Waals surface area (Å²) < 4.78 is 10.7. The predicted octanol–water partition coefficient (Wildman–Crippen LogP) is 3.29. The molecular formula is C20H23NO4. The first-order valence-corrected chi connectivity index (χ1v) is 8.17. The number of hydrogen-bond acceptors (Lipinski definition) is 4. The summed E-state index contributed by atoms with van der Waals surface area (Å²) >= 11 is 0. The fraction of sp³-hybridized carbons (Fsp3) is 0.300. The second kappa shape index (κ2) is 8.87. The van der Waals surface area contributed by atoms with Crippen LogP contribution in [0.5, 0.6) is 5.75 Å². The van der Waals surface area contributed by atoms with Crippen molar-refractivity contribution in [2.75, 3.05) is 13.7 Å². The summed E-state index contributed by atoms with van der Waals surface area (Å²) in [6, 6.07) is 16.5. The van der Waals surface area contributed by atoms with E-state index in [4.69, 9.17) is 9.47 Å². The van der Waals surface area contributed by atoms with Crippen molar-refractivity contribution in [1.82, 2.24) is 4.90 Å². The first kappa shape index (κ1) is 18.5. The highest BCUT2D eigenvalue weighted by molar-refractivity contribution is 5.91. The van der Waals surface area contributed by atoms with Gasteiger partial charge in [-0.25, -0.2) is 4.79 Å². The van der Waals surface area contributed by atoms with Crippen LogP contribution < -0.4 is 4.74 Å². The Bertz CT molecular complexity index is 695. The minimum atomic E-state index is -0.513. The maximum atomic E-state index is 12.0. The maximum Gasteiger partial charge on any atom is 0.338 e. The van der Waals surface area contributed by atoms with E-state index in [0.29, 0.717) is 12.2 Å². The Labute approximate surface area is 148 Å². The van der Waals surface area contributed by atoms with Gasteiger partial charge in [-0.15, -0.1) is 0 Å². The molecule has 5 nitrogen and oxygen atoms in total. The molecule has 0 unspecified atom stereocenters. The van der Waals surface area contributed by atoms with Crippen LogP contribution in [-0.4, -0.2) is 36.5 Å². The zero-order valence-corrected chi connectivity index (χ0v) is 14.8. The molecule has 0 saturated carbocycles. The Morgan fingerprint density at radius 2 is 1.64 bits per heavy atom. The molecular weight excluding hydrogens is 318 g/mol. The van der Waals surface area contributed by atoms with Gasteiger partial charge in [-0.3, -0.25) is 4.79 Å². The zero-order chi connectivity index (χ0) is 18.2. The van der Waals surface area contributed by atoms with Crippen molar-refractivity contribution >= 4 is 11.9 Å². The SMILES string of the molecule is CC(C)N(C)C(=O)COC(=O)c1ccc(COc2ccccc2)cc1. The minimum Gasteiger partial charge on any atom is -0.489 e. The number of ether oxygens (including phenoxy) is 2. The molecule has 132 valence electrons. The van der Waals surface area contributed by atoms with E-state index in [-0.39, 0.29) is 18.6 Å². The van der Waals surface area contributed by atoms with Crippen LogP contribution in [0.3, 0.4) is 0 Å². The first-order chi connectivity index (χ1) is 12.0. The van der Waals surface area contributed by atoms with Gasteiger partial charge < -0.3 is 14.4 Å². The molecule has 0 aliphatic heterocycles. The van der Waals surface area contributed by atoms with E-state index >= 15 is 0 Å². The second-order valence-corrected chi connectivity index (χ2v) is 5.97. The van der Waals surface area contributed by atoms with Crippen molar-refractivity contribution in [1.29, 1.82) is 0 Å². The van der Waals surface area contributed by atoms with E-state index in [1.165, 1.54) is 4.90 Å². The summed E-state index contributed by atoms with van der Waals surface area (Å²) in [7, 11) is 1.68. The highest BCUT2D eigenvalue weighted by atomic mass is 16.5. The van der Waals surface area contributed by atoms with Crippen LogP contribution >= 0.6 is 0 Å². The molecule has 0 saturated heterocycles. The van der Waals surface area contributed by atoms with Crippen LogP contribution in [0.2, 0.25) is 0 Å². The lowest BCUT2D eigenvalue weighted by molar-refractivity contribution is -0.134. The standard InChI is InChI=1S/C20H23NO4/c1-15(2)21(3)19(22)14-25-20(23)17-11-9-16(10-12-17)13-24-18-7-5-4-6-8-18/h4-12,15H,13-14H2,1-3H3. The Hall–Kier alpha value is -2.82. The fourth-order valence-corrected chi connectivity index (χ4v) is 2.02. The van der Waals surface area contributed by atoms with Gasteiger partial charge in [0.1, 0.15) is 12.4 Å². The van der Waals surface area contributed by atoms with Crippen LogP contribution in [0.1, 0.15) is 29.8 Å². The van der Waals surface area contributed by atoms with Crippen molar-refractivity contribution in [2.45, 2.75) is 26.5 Å². The van der Waals surface area contributed by atoms with E-state index in [2.05, 4.69) is 0 Å². The first-order valence-electron chi connectivity index (χ1n) is 8.17. The number of nitrogens with zero attached hydrogens (tertiary/aromatic N) is 1. The Morgan fingerprint density at radius 1 is 1.00 bits per heavy atom. The van der Waals surface area contributed by atoms with Gasteiger partial charge in [-0.05, 0) is 43.7 Å². The lowest BCUT2D eigenvalue weighted by atomic mass is 10.1. The Balaban J connectivity index is 1.84. The normalized spacial score (nSPS) is 10.4. The van der Waals surface area contributed by atoms with Gasteiger partial charge in [-0.2, -0.15) is 0 Å². The Morgan fingerprint density at radius 3 is 2.24 bits per heavy atom. The molecule has 0 aliphatic rings. The number of amides is 1. The van der Waals surface area contributed by atoms with Crippen molar-refractivity contribution in [3.8, 4) is 5.75 Å². The quantitative estimate of drug-likeness (QED) is 0.725. The third-order valence-electron chi connectivity index (χ3n) is 3.83. The molecule has 0 aromatic heterocycles. The highest BCUT2D eigenvalue weighted by Crippen LogP contribution is 2.12. The van der Waals surface area contributed by atoms with Crippen molar-refractivity contribution < 1.29 is 19.1 Å². The molecule has 0 heterocycles. The molecule has 0 atom stereocenters. The largest absolute Gasteiger partial charge is 0.489 e. The van der Waals surface area contributed by atoms with Gasteiger partial charge >= 0.3 is 5.97 Å². The summed E-state index contributed by atoms with van der Waals surface area (Å²) in [5, 5.41) is 0. The summed E-state index contributed by atoms with van der Waals surface area (Å²) in [5.74, 6) is 0.0519. The zero-order valence-electron chi connectivity index (χ0n) is 14.8. The summed E-state index contributed by atoms with van der Waals surface area (Å²) in [5.41, 5.74) is 1.35. The van der Waals surface area contributed by atoms with E-state index < -0.39 is 5.97 Å². The van der Waals surface area contributed by atoms with Crippen LogP contribution in [0.25, 0.3) is 0 Å². The molecule has 2 aromatic carbocycles. The van der Waals surface area contributed by atoms with Crippen LogP contribution in [0.15, 0.2) is 54.6 Å². The van der Waals surface area contributed by atoms with E-state index in [1.807, 2.05) is 56.3 Å². The second-order valence-electron chi connectivity index (χ2n) is 5.97. The minimum absolute atomic E-state index is 0.0649. The molecule has 0 N–H and O–H groups in total. The third-order valence-corrected chi connectivity index (χ3v) is 3.83. The number of esters is 1. The number of carbonyl (C=O) groups excluding carboxylic acids is 2. The van der Waals surface area contributed by atoms with Gasteiger partial charge in [0.15, 0.2) is 6.61 Å². The highest BCUT2D eigenvalue weighted by Gasteiger charge is 2.15. The topological polar surface area (TPSA) is 55.8 Å². The molecule has 1 amide bonds. The molecule has 0 radical (unpaired) electrons. The Kier molecular flexibility index (Phi) is 6.57. The van der Waals surface area contributed by atoms with Gasteiger partial charge in [0, 0.05) is 13.1 Å². The van der Waals surface area contributed by atoms with Gasteiger partial charge in [0.05, 0.1) is 5.56 Å². The van der Waals surface area contributed by atoms with E-state index in [0.717, 1.165) is 11.3 Å². The molecule has 2 aromatic rings. The van der Waals surface area contributed by atoms with Gasteiger partial charge in [-0.1, -0.05) is 30.3 Å². The summed E-state index contributed by atoms with van der Waals surface area (Å²) in [4.78, 5) is 25.4. The maximum absolute atomic E-state index is 12.0. The predicted molar refractivity (Wildman–Crippen MR) is 95.4 cm³/mol. The molecule has 0 bridgehead atoms. The van der Waals surface area contributed by atoms with E-state index in [9.17, 15) is 9.59 Å². The third kappa shape index (κ3) is 5.64. The van der Waals surface area contributed by atoms with Crippen molar-refractivity contribution in [3.63, 3.8) is 0 Å². The summed E-state index contributed by atoms with van der Waals surface area (Å²) in [6.07, 6.45) is 0. The van der Waals surface area contributed by atoms with Crippen molar-refractivity contribution in [3.05, 3.63) is 65.7 Å². The molecule has 5 heteroatoms. The summed E-state index contributed by atoms with van der Waals surface area (Å²) in [6.45, 7) is 3.95. The smallest absolute Gasteiger partial charge is 0.338 e. The molecule has 25 heavy (non-hydrogen) atoms.